The maximum absolute atomic E-state index is 13.0. The summed E-state index contributed by atoms with van der Waals surface area (Å²) in [5.41, 5.74) is 2.52. The monoisotopic (exact) mass is 369 g/mol. The number of Topliss-reactive ketones (excluding diaryl/α,β-unsaturated/α-hetero) is 1. The fourth-order valence-corrected chi connectivity index (χ4v) is 4.34. The Balaban J connectivity index is 1.83. The van der Waals surface area contributed by atoms with Gasteiger partial charge in [-0.15, -0.1) is 5.10 Å². The summed E-state index contributed by atoms with van der Waals surface area (Å²) in [6.07, 6.45) is 4.19. The fraction of sp³-hybridized carbons (Fsp3) is 0.474. The van der Waals surface area contributed by atoms with Gasteiger partial charge in [-0.1, -0.05) is 38.6 Å². The van der Waals surface area contributed by atoms with E-state index in [9.17, 15) is 4.79 Å². The van der Waals surface area contributed by atoms with Crippen LogP contribution >= 0.6 is 11.8 Å². The van der Waals surface area contributed by atoms with E-state index in [0.29, 0.717) is 12.4 Å². The molecule has 4 rings (SSSR count). The fourth-order valence-electron chi connectivity index (χ4n) is 3.66. The van der Waals surface area contributed by atoms with E-state index in [2.05, 4.69) is 41.2 Å². The Kier molecular flexibility index (Phi) is 4.34. The lowest BCUT2D eigenvalue weighted by Crippen LogP contribution is -2.36. The van der Waals surface area contributed by atoms with Crippen molar-refractivity contribution in [3.05, 3.63) is 41.4 Å². The van der Waals surface area contributed by atoms with Crippen molar-refractivity contribution in [1.82, 2.24) is 19.7 Å². The number of fused-ring (bicyclic) bond motifs is 1. The molecule has 136 valence electrons. The number of nitrogens with zero attached hydrogens (tertiary/aromatic N) is 4. The normalized spacial score (nSPS) is 21.2. The van der Waals surface area contributed by atoms with Crippen LogP contribution in [0.3, 0.4) is 0 Å². The summed E-state index contributed by atoms with van der Waals surface area (Å²) in [4.78, 5) is 22.2. The summed E-state index contributed by atoms with van der Waals surface area (Å²) in [6, 6.07) is 5.48. The molecule has 0 bridgehead atoms. The van der Waals surface area contributed by atoms with Gasteiger partial charge in [0.15, 0.2) is 5.78 Å². The van der Waals surface area contributed by atoms with Crippen molar-refractivity contribution < 1.29 is 4.79 Å². The van der Waals surface area contributed by atoms with E-state index in [4.69, 9.17) is 0 Å². The summed E-state index contributed by atoms with van der Waals surface area (Å²) in [5.74, 6) is 1.84. The molecule has 3 heterocycles. The average Bonchev–Trinajstić information content (AvgIpc) is 3.00. The highest BCUT2D eigenvalue weighted by molar-refractivity contribution is 7.99. The van der Waals surface area contributed by atoms with E-state index in [1.165, 1.54) is 0 Å². The first-order chi connectivity index (χ1) is 12.5. The van der Waals surface area contributed by atoms with Gasteiger partial charge in [0, 0.05) is 29.6 Å². The zero-order valence-corrected chi connectivity index (χ0v) is 16.1. The van der Waals surface area contributed by atoms with E-state index in [-0.39, 0.29) is 17.2 Å². The van der Waals surface area contributed by atoms with Gasteiger partial charge in [0.05, 0.1) is 5.69 Å². The van der Waals surface area contributed by atoms with E-state index >= 15 is 0 Å². The molecule has 0 saturated heterocycles. The number of rotatable bonds is 4. The van der Waals surface area contributed by atoms with E-state index < -0.39 is 0 Å². The molecule has 2 aromatic heterocycles. The summed E-state index contributed by atoms with van der Waals surface area (Å²) < 4.78 is 1.83. The van der Waals surface area contributed by atoms with E-state index in [1.807, 2.05) is 22.9 Å². The van der Waals surface area contributed by atoms with Crippen molar-refractivity contribution >= 4 is 23.5 Å². The molecule has 1 unspecified atom stereocenters. The molecule has 2 aliphatic rings. The molecule has 2 aromatic rings. The zero-order chi connectivity index (χ0) is 18.3. The van der Waals surface area contributed by atoms with Gasteiger partial charge in [-0.3, -0.25) is 9.78 Å². The zero-order valence-electron chi connectivity index (χ0n) is 15.3. The Labute approximate surface area is 157 Å². The minimum absolute atomic E-state index is 0.0560. The average molecular weight is 369 g/mol. The van der Waals surface area contributed by atoms with Gasteiger partial charge in [-0.05, 0) is 30.4 Å². The van der Waals surface area contributed by atoms with Crippen LogP contribution in [0.1, 0.15) is 51.8 Å². The van der Waals surface area contributed by atoms with Gasteiger partial charge in [0.1, 0.15) is 6.04 Å². The number of carbonyl (C=O) groups is 1. The Morgan fingerprint density at radius 1 is 1.35 bits per heavy atom. The van der Waals surface area contributed by atoms with Crippen LogP contribution in [-0.2, 0) is 4.79 Å². The Hall–Kier alpha value is -2.15. The molecular formula is C19H23N5OS. The molecular weight excluding hydrogens is 346 g/mol. The highest BCUT2D eigenvalue weighted by Crippen LogP contribution is 2.45. The smallest absolute Gasteiger partial charge is 0.227 e. The van der Waals surface area contributed by atoms with Crippen molar-refractivity contribution in [2.24, 2.45) is 5.41 Å². The lowest BCUT2D eigenvalue weighted by atomic mass is 9.73. The highest BCUT2D eigenvalue weighted by atomic mass is 32.2. The van der Waals surface area contributed by atoms with Crippen LogP contribution in [0.2, 0.25) is 0 Å². The van der Waals surface area contributed by atoms with E-state index in [1.54, 1.807) is 18.0 Å². The molecule has 0 radical (unpaired) electrons. The van der Waals surface area contributed by atoms with Gasteiger partial charge in [-0.25, -0.2) is 4.68 Å². The van der Waals surface area contributed by atoms with Gasteiger partial charge in [0.2, 0.25) is 11.1 Å². The number of thioether (sulfide) groups is 1. The number of ketones is 1. The lowest BCUT2D eigenvalue weighted by molar-refractivity contribution is -0.118. The van der Waals surface area contributed by atoms with Crippen LogP contribution in [0, 0.1) is 5.41 Å². The SMILES string of the molecule is CCCSc1nc2n(n1)C(c1ccccn1)C1=C(CC(C)(C)CC1=O)N2. The first-order valence-electron chi connectivity index (χ1n) is 9.02. The minimum Gasteiger partial charge on any atom is -0.328 e. The van der Waals surface area contributed by atoms with Crippen LogP contribution in [0.25, 0.3) is 0 Å². The van der Waals surface area contributed by atoms with E-state index in [0.717, 1.165) is 40.7 Å². The third kappa shape index (κ3) is 3.05. The second-order valence-electron chi connectivity index (χ2n) is 7.63. The summed E-state index contributed by atoms with van der Waals surface area (Å²) in [7, 11) is 0. The maximum Gasteiger partial charge on any atom is 0.227 e. The second kappa shape index (κ2) is 6.54. The first kappa shape index (κ1) is 17.3. The number of nitrogens with one attached hydrogen (secondary N) is 1. The van der Waals surface area contributed by atoms with Crippen LogP contribution in [0.5, 0.6) is 0 Å². The van der Waals surface area contributed by atoms with Gasteiger partial charge < -0.3 is 5.32 Å². The molecule has 1 aliphatic carbocycles. The molecule has 1 aliphatic heterocycles. The topological polar surface area (TPSA) is 72.7 Å². The third-order valence-electron chi connectivity index (χ3n) is 4.72. The lowest BCUT2D eigenvalue weighted by Gasteiger charge is -2.37. The van der Waals surface area contributed by atoms with Crippen molar-refractivity contribution in [2.45, 2.75) is 51.2 Å². The Bertz CT molecular complexity index is 871. The van der Waals surface area contributed by atoms with Crippen molar-refractivity contribution in [2.75, 3.05) is 11.1 Å². The van der Waals surface area contributed by atoms with Crippen LogP contribution in [-0.4, -0.2) is 31.3 Å². The van der Waals surface area contributed by atoms with Crippen molar-refractivity contribution in [1.29, 1.82) is 0 Å². The molecule has 0 saturated carbocycles. The van der Waals surface area contributed by atoms with Crippen LogP contribution in [0.4, 0.5) is 5.95 Å². The molecule has 6 nitrogen and oxygen atoms in total. The quantitative estimate of drug-likeness (QED) is 0.826. The number of aromatic nitrogens is 4. The molecule has 26 heavy (non-hydrogen) atoms. The number of anilines is 1. The molecule has 1 atom stereocenters. The molecule has 0 fully saturated rings. The highest BCUT2D eigenvalue weighted by Gasteiger charge is 2.42. The van der Waals surface area contributed by atoms with Gasteiger partial charge in [-0.2, -0.15) is 4.98 Å². The van der Waals surface area contributed by atoms with Crippen LogP contribution in [0.15, 0.2) is 40.8 Å². The predicted octanol–water partition coefficient (Wildman–Crippen LogP) is 3.83. The van der Waals surface area contributed by atoms with Gasteiger partial charge >= 0.3 is 0 Å². The number of hydrogen-bond donors (Lipinski definition) is 1. The number of allylic oxidation sites excluding steroid dienone is 2. The Morgan fingerprint density at radius 3 is 2.92 bits per heavy atom. The van der Waals surface area contributed by atoms with Crippen molar-refractivity contribution in [3.8, 4) is 0 Å². The predicted molar refractivity (Wildman–Crippen MR) is 102 cm³/mol. The molecule has 0 amide bonds. The molecule has 0 aromatic carbocycles. The van der Waals surface area contributed by atoms with Crippen LogP contribution < -0.4 is 5.32 Å². The standard InChI is InChI=1S/C19H23N5OS/c1-4-9-26-18-22-17-21-13-10-19(2,3)11-14(25)15(13)16(24(17)23-18)12-7-5-6-8-20-12/h5-8,16H,4,9-11H2,1-3H3,(H,21,22,23). The number of hydrogen-bond acceptors (Lipinski definition) is 6. The maximum atomic E-state index is 13.0. The summed E-state index contributed by atoms with van der Waals surface area (Å²) in [6.45, 7) is 6.40. The first-order valence-corrected chi connectivity index (χ1v) is 10.0. The third-order valence-corrected chi connectivity index (χ3v) is 5.76. The number of pyridine rings is 1. The molecule has 0 spiro atoms. The van der Waals surface area contributed by atoms with Crippen molar-refractivity contribution in [3.63, 3.8) is 0 Å². The van der Waals surface area contributed by atoms with Gasteiger partial charge in [0.25, 0.3) is 0 Å². The second-order valence-corrected chi connectivity index (χ2v) is 8.69. The largest absolute Gasteiger partial charge is 0.328 e. The molecule has 7 heteroatoms. The summed E-state index contributed by atoms with van der Waals surface area (Å²) in [5, 5.41) is 8.81. The molecule has 1 N–H and O–H groups in total. The number of carbonyl (C=O) groups excluding carboxylic acids is 1. The minimum atomic E-state index is -0.311. The summed E-state index contributed by atoms with van der Waals surface area (Å²) >= 11 is 1.64. The Morgan fingerprint density at radius 2 is 2.19 bits per heavy atom.